The third-order valence-electron chi connectivity index (χ3n) is 9.12. The molecular weight excluding hydrogens is 875 g/mol. The Morgan fingerprint density at radius 3 is 1.33 bits per heavy atom. The fraction of sp³-hybridized carbons (Fsp3) is 0.217. The van der Waals surface area contributed by atoms with Crippen molar-refractivity contribution in [2.45, 2.75) is 64.7 Å². The van der Waals surface area contributed by atoms with Crippen LogP contribution in [0.4, 0.5) is 60.5 Å². The van der Waals surface area contributed by atoms with Crippen LogP contribution in [0.25, 0.3) is 0 Å². The van der Waals surface area contributed by atoms with Crippen LogP contribution in [0.15, 0.2) is 122 Å². The van der Waals surface area contributed by atoms with Gasteiger partial charge in [-0.1, -0.05) is 65.8 Å². The monoisotopic (exact) mass is 920 g/mol. The van der Waals surface area contributed by atoms with Crippen molar-refractivity contribution < 1.29 is 35.8 Å². The maximum atomic E-state index is 13.0. The number of ether oxygens (including phenoxy) is 2. The van der Waals surface area contributed by atoms with Gasteiger partial charge in [0.15, 0.2) is 10.2 Å². The van der Waals surface area contributed by atoms with Gasteiger partial charge in [-0.3, -0.25) is 0 Å². The lowest BCUT2D eigenvalue weighted by Gasteiger charge is -2.21. The van der Waals surface area contributed by atoms with Gasteiger partial charge in [0.25, 0.3) is 0 Å². The van der Waals surface area contributed by atoms with Crippen molar-refractivity contribution >= 4 is 68.8 Å². The minimum atomic E-state index is -4.47. The number of rotatable bonds is 8. The van der Waals surface area contributed by atoms with Crippen LogP contribution in [-0.4, -0.2) is 20.2 Å². The third kappa shape index (κ3) is 13.7. The molecule has 18 heteroatoms. The molecule has 336 valence electrons. The molecule has 64 heavy (non-hydrogen) atoms. The fourth-order valence-corrected chi connectivity index (χ4v) is 6.10. The van der Waals surface area contributed by atoms with Gasteiger partial charge in [0.05, 0.1) is 33.9 Å². The topological polar surface area (TPSA) is 144 Å². The maximum Gasteiger partial charge on any atom is 0.416 e. The van der Waals surface area contributed by atoms with Gasteiger partial charge in [0.1, 0.15) is 22.9 Å². The van der Waals surface area contributed by atoms with Crippen molar-refractivity contribution in [2.24, 2.45) is 0 Å². The number of nitrogens with one attached hydrogen (secondary N) is 4. The smallest absolute Gasteiger partial charge is 0.416 e. The van der Waals surface area contributed by atoms with Crippen LogP contribution < -0.4 is 42.2 Å². The minimum Gasteiger partial charge on any atom is -0.437 e. The van der Waals surface area contributed by atoms with Gasteiger partial charge in [-0.25, -0.2) is 9.97 Å². The first-order valence-corrected chi connectivity index (χ1v) is 20.2. The van der Waals surface area contributed by atoms with Crippen molar-refractivity contribution in [2.75, 3.05) is 32.7 Å². The Morgan fingerprint density at radius 2 is 0.891 bits per heavy atom. The molecule has 6 rings (SSSR count). The number of pyridine rings is 2. The second-order valence-corrected chi connectivity index (χ2v) is 17.0. The number of alkyl halides is 6. The quantitative estimate of drug-likeness (QED) is 0.0491. The second-order valence-electron chi connectivity index (χ2n) is 16.2. The molecular formula is C46H46F6N8O2S2. The zero-order valence-corrected chi connectivity index (χ0v) is 37.1. The van der Waals surface area contributed by atoms with Gasteiger partial charge in [0.2, 0.25) is 11.8 Å². The summed E-state index contributed by atoms with van der Waals surface area (Å²) in [5.41, 5.74) is 15.7. The van der Waals surface area contributed by atoms with Gasteiger partial charge in [-0.2, -0.15) is 26.3 Å². The number of halogens is 6. The molecule has 2 aromatic heterocycles. The Bertz CT molecular complexity index is 2610. The molecule has 2 heterocycles. The lowest BCUT2D eigenvalue weighted by Crippen LogP contribution is -2.21. The van der Waals surface area contributed by atoms with E-state index in [0.717, 1.165) is 35.4 Å². The van der Waals surface area contributed by atoms with Crippen molar-refractivity contribution in [1.82, 2.24) is 9.97 Å². The molecule has 0 unspecified atom stereocenters. The summed E-state index contributed by atoms with van der Waals surface area (Å²) < 4.78 is 89.0. The van der Waals surface area contributed by atoms with E-state index in [0.29, 0.717) is 34.1 Å². The number of hydrogen-bond acceptors (Lipinski definition) is 8. The van der Waals surface area contributed by atoms with Gasteiger partial charge in [-0.05, 0) is 131 Å². The molecule has 4 aromatic carbocycles. The number of aromatic nitrogens is 2. The van der Waals surface area contributed by atoms with Gasteiger partial charge >= 0.3 is 12.4 Å². The molecule has 0 amide bonds. The number of benzene rings is 4. The van der Waals surface area contributed by atoms with Crippen LogP contribution in [0.2, 0.25) is 0 Å². The normalized spacial score (nSPS) is 11.7. The van der Waals surface area contributed by atoms with Gasteiger partial charge in [0, 0.05) is 12.4 Å². The second kappa shape index (κ2) is 19.8. The Balaban J connectivity index is 0.000000241. The predicted molar refractivity (Wildman–Crippen MR) is 250 cm³/mol. The van der Waals surface area contributed by atoms with E-state index >= 15 is 0 Å². The Hall–Kier alpha value is -6.66. The summed E-state index contributed by atoms with van der Waals surface area (Å²) >= 11 is 10.8. The van der Waals surface area contributed by atoms with E-state index in [1.54, 1.807) is 30.3 Å². The number of anilines is 6. The number of nitrogen functional groups attached to an aromatic ring is 2. The average molecular weight is 921 g/mol. The molecule has 0 saturated carbocycles. The lowest BCUT2D eigenvalue weighted by atomic mass is 9.86. The molecule has 6 aromatic rings. The van der Waals surface area contributed by atoms with Crippen molar-refractivity contribution in [3.05, 3.63) is 144 Å². The molecule has 0 spiro atoms. The molecule has 0 aliphatic carbocycles. The molecule has 0 saturated heterocycles. The van der Waals surface area contributed by atoms with Crippen LogP contribution in [0.3, 0.4) is 0 Å². The van der Waals surface area contributed by atoms with Crippen LogP contribution >= 0.6 is 24.4 Å². The Kier molecular flexibility index (Phi) is 15.0. The van der Waals surface area contributed by atoms with E-state index in [2.05, 4.69) is 72.8 Å². The maximum absolute atomic E-state index is 13.0. The molecule has 0 atom stereocenters. The van der Waals surface area contributed by atoms with Gasteiger partial charge in [-0.15, -0.1) is 0 Å². The summed E-state index contributed by atoms with van der Waals surface area (Å²) in [4.78, 5) is 8.22. The minimum absolute atomic E-state index is 0.00228. The fourth-order valence-electron chi connectivity index (χ4n) is 5.66. The summed E-state index contributed by atoms with van der Waals surface area (Å²) in [5, 5.41) is 12.4. The molecule has 0 fully saturated rings. The first kappa shape index (κ1) is 48.4. The molecule has 10 nitrogen and oxygen atoms in total. The lowest BCUT2D eigenvalue weighted by molar-refractivity contribution is -0.138. The molecule has 0 aliphatic heterocycles. The zero-order valence-electron chi connectivity index (χ0n) is 35.5. The van der Waals surface area contributed by atoms with E-state index in [1.807, 2.05) is 30.3 Å². The number of nitrogens with two attached hydrogens (primary N) is 2. The van der Waals surface area contributed by atoms with Crippen molar-refractivity contribution in [1.29, 1.82) is 0 Å². The van der Waals surface area contributed by atoms with Gasteiger partial charge < -0.3 is 42.2 Å². The number of nitrogens with zero attached hydrogens (tertiary/aromatic N) is 2. The highest BCUT2D eigenvalue weighted by Gasteiger charge is 2.32. The number of hydrogen-bond donors (Lipinski definition) is 6. The van der Waals surface area contributed by atoms with E-state index in [4.69, 9.17) is 45.4 Å². The first-order chi connectivity index (χ1) is 29.9. The summed E-state index contributed by atoms with van der Waals surface area (Å²) in [6.45, 7) is 12.5. The van der Waals surface area contributed by atoms with E-state index in [-0.39, 0.29) is 44.3 Å². The molecule has 0 aliphatic rings. The Morgan fingerprint density at radius 1 is 0.469 bits per heavy atom. The van der Waals surface area contributed by atoms with Crippen LogP contribution in [0.1, 0.15) is 63.8 Å². The standard InChI is InChI=1S/2C23H23F3N4OS/c1-22(2,3)14-9-10-18(17(27)13-14)29-21(32)30-19-8-5-11-28-20(19)31-16-7-4-6-15(12-16)23(24,25)26;1-22(2,3)14-9-10-17(27)19(13-14)30-21(32)29-18-8-5-11-28-20(18)31-16-7-4-6-15(12-16)23(24,25)26/h2*4-13H,27H2,1-3H3,(H2,29,30,32). The number of thiocarbonyl (C=S) groups is 2. The summed E-state index contributed by atoms with van der Waals surface area (Å²) in [6, 6.07) is 27.1. The van der Waals surface area contributed by atoms with E-state index in [1.165, 1.54) is 36.7 Å². The third-order valence-corrected chi connectivity index (χ3v) is 9.53. The Labute approximate surface area is 377 Å². The van der Waals surface area contributed by atoms with Crippen molar-refractivity contribution in [3.8, 4) is 23.3 Å². The molecule has 0 radical (unpaired) electrons. The van der Waals surface area contributed by atoms with E-state index in [9.17, 15) is 26.3 Å². The highest BCUT2D eigenvalue weighted by Crippen LogP contribution is 2.36. The molecule has 8 N–H and O–H groups in total. The largest absolute Gasteiger partial charge is 0.437 e. The van der Waals surface area contributed by atoms with Crippen molar-refractivity contribution in [3.63, 3.8) is 0 Å². The summed E-state index contributed by atoms with van der Waals surface area (Å²) in [5.74, 6) is 0.157. The molecule has 0 bridgehead atoms. The highest BCUT2D eigenvalue weighted by molar-refractivity contribution is 7.81. The average Bonchev–Trinajstić information content (AvgIpc) is 3.20. The van der Waals surface area contributed by atoms with Crippen LogP contribution in [0, 0.1) is 0 Å². The van der Waals surface area contributed by atoms with Crippen LogP contribution in [-0.2, 0) is 23.2 Å². The highest BCUT2D eigenvalue weighted by atomic mass is 32.1. The van der Waals surface area contributed by atoms with Crippen LogP contribution in [0.5, 0.6) is 23.3 Å². The predicted octanol–water partition coefficient (Wildman–Crippen LogP) is 13.2. The van der Waals surface area contributed by atoms with E-state index < -0.39 is 23.5 Å². The SMILES string of the molecule is CC(C)(C)c1ccc(N)c(NC(=S)Nc2cccnc2Oc2cccc(C(F)(F)F)c2)c1.CC(C)(C)c1ccc(NC(=S)Nc2cccnc2Oc2cccc(C(F)(F)F)c2)c(N)c1. The zero-order chi connectivity index (χ0) is 47.0. The first-order valence-electron chi connectivity index (χ1n) is 19.4. The summed E-state index contributed by atoms with van der Waals surface area (Å²) in [6.07, 6.45) is -6.01. The summed E-state index contributed by atoms with van der Waals surface area (Å²) in [7, 11) is 0.